The summed E-state index contributed by atoms with van der Waals surface area (Å²) < 4.78 is 5.20. The van der Waals surface area contributed by atoms with Crippen molar-refractivity contribution in [2.45, 2.75) is 25.4 Å². The summed E-state index contributed by atoms with van der Waals surface area (Å²) in [4.78, 5) is 11.0. The van der Waals surface area contributed by atoms with E-state index < -0.39 is 0 Å². The highest BCUT2D eigenvalue weighted by molar-refractivity contribution is 5.85. The van der Waals surface area contributed by atoms with Gasteiger partial charge in [0.05, 0.1) is 6.10 Å². The fourth-order valence-corrected chi connectivity index (χ4v) is 2.03. The lowest BCUT2D eigenvalue weighted by molar-refractivity contribution is -0.117. The van der Waals surface area contributed by atoms with Gasteiger partial charge in [-0.05, 0) is 12.3 Å². The first-order valence-electron chi connectivity index (χ1n) is 4.04. The van der Waals surface area contributed by atoms with Gasteiger partial charge < -0.3 is 4.74 Å². The molecule has 0 aliphatic heterocycles. The summed E-state index contributed by atoms with van der Waals surface area (Å²) in [6.45, 7) is 0. The molecule has 2 unspecified atom stereocenters. The maximum absolute atomic E-state index is 11.0. The molecule has 1 fully saturated rings. The van der Waals surface area contributed by atoms with E-state index in [1.165, 1.54) is 5.57 Å². The van der Waals surface area contributed by atoms with Crippen LogP contribution in [0.4, 0.5) is 0 Å². The third-order valence-corrected chi connectivity index (χ3v) is 2.62. The van der Waals surface area contributed by atoms with Gasteiger partial charge in [-0.1, -0.05) is 11.6 Å². The van der Waals surface area contributed by atoms with Gasteiger partial charge in [-0.15, -0.1) is 0 Å². The van der Waals surface area contributed by atoms with Gasteiger partial charge in [0.25, 0.3) is 0 Å². The molecule has 2 aliphatic rings. The minimum Gasteiger partial charge on any atom is -0.377 e. The van der Waals surface area contributed by atoms with Crippen LogP contribution in [0.2, 0.25) is 0 Å². The summed E-state index contributed by atoms with van der Waals surface area (Å²) in [5.74, 6) is 0.920. The quantitative estimate of drug-likeness (QED) is 0.529. The third-order valence-electron chi connectivity index (χ3n) is 2.62. The van der Waals surface area contributed by atoms with Gasteiger partial charge in [0.2, 0.25) is 0 Å². The van der Waals surface area contributed by atoms with E-state index in [-0.39, 0.29) is 6.10 Å². The van der Waals surface area contributed by atoms with Gasteiger partial charge in [0.1, 0.15) is 5.78 Å². The van der Waals surface area contributed by atoms with E-state index in [9.17, 15) is 4.79 Å². The largest absolute Gasteiger partial charge is 0.377 e. The number of carbonyl (C=O) groups is 1. The molecule has 0 heterocycles. The monoisotopic (exact) mass is 152 g/mol. The van der Waals surface area contributed by atoms with Crippen LogP contribution in [0.15, 0.2) is 11.6 Å². The summed E-state index contributed by atoms with van der Waals surface area (Å²) in [5, 5.41) is 0. The van der Waals surface area contributed by atoms with Gasteiger partial charge >= 0.3 is 0 Å². The van der Waals surface area contributed by atoms with E-state index in [4.69, 9.17) is 4.74 Å². The van der Waals surface area contributed by atoms with Crippen LogP contribution in [0.3, 0.4) is 0 Å². The maximum Gasteiger partial charge on any atom is 0.137 e. The molecule has 1 saturated carbocycles. The molecule has 11 heavy (non-hydrogen) atoms. The number of fused-ring (bicyclic) bond motifs is 1. The van der Waals surface area contributed by atoms with Gasteiger partial charge in [0, 0.05) is 20.0 Å². The summed E-state index contributed by atoms with van der Waals surface area (Å²) in [6.07, 6.45) is 4.87. The molecule has 0 aromatic carbocycles. The van der Waals surface area contributed by atoms with E-state index in [2.05, 4.69) is 6.08 Å². The first-order chi connectivity index (χ1) is 5.29. The van der Waals surface area contributed by atoms with Gasteiger partial charge in [-0.25, -0.2) is 0 Å². The van der Waals surface area contributed by atoms with Crippen molar-refractivity contribution in [1.29, 1.82) is 0 Å². The standard InChI is InChI=1S/C9H12O2/c1-11-9-4-6-2-8(10)3-7(6)5-9/h4,7,9H,2-3,5H2,1H3. The number of methoxy groups -OCH3 is 1. The van der Waals surface area contributed by atoms with Crippen molar-refractivity contribution in [3.8, 4) is 0 Å². The molecule has 0 N–H and O–H groups in total. The smallest absolute Gasteiger partial charge is 0.137 e. The topological polar surface area (TPSA) is 26.3 Å². The molecule has 2 aliphatic carbocycles. The minimum atomic E-state index is 0.281. The highest BCUT2D eigenvalue weighted by Gasteiger charge is 2.33. The minimum absolute atomic E-state index is 0.281. The molecule has 0 bridgehead atoms. The summed E-state index contributed by atoms with van der Waals surface area (Å²) in [7, 11) is 1.73. The number of hydrogen-bond donors (Lipinski definition) is 0. The van der Waals surface area contributed by atoms with E-state index >= 15 is 0 Å². The Morgan fingerprint density at radius 1 is 1.64 bits per heavy atom. The summed E-state index contributed by atoms with van der Waals surface area (Å²) >= 11 is 0. The Morgan fingerprint density at radius 2 is 2.45 bits per heavy atom. The van der Waals surface area contributed by atoms with Crippen LogP contribution in [0.1, 0.15) is 19.3 Å². The number of rotatable bonds is 1. The Balaban J connectivity index is 2.12. The van der Waals surface area contributed by atoms with Crippen LogP contribution in [-0.2, 0) is 9.53 Å². The van der Waals surface area contributed by atoms with Crippen molar-refractivity contribution in [1.82, 2.24) is 0 Å². The average Bonchev–Trinajstić information content (AvgIpc) is 2.43. The second-order valence-corrected chi connectivity index (χ2v) is 3.37. The maximum atomic E-state index is 11.0. The van der Waals surface area contributed by atoms with Crippen LogP contribution < -0.4 is 0 Å². The highest BCUT2D eigenvalue weighted by Crippen LogP contribution is 2.38. The molecule has 2 nitrogen and oxygen atoms in total. The normalized spacial score (nSPS) is 35.7. The third kappa shape index (κ3) is 1.11. The lowest BCUT2D eigenvalue weighted by Crippen LogP contribution is -2.06. The SMILES string of the molecule is COC1C=C2CC(=O)CC2C1. The fraction of sp³-hybridized carbons (Fsp3) is 0.667. The molecule has 0 saturated heterocycles. The molecule has 0 radical (unpaired) electrons. The van der Waals surface area contributed by atoms with Gasteiger partial charge in [-0.2, -0.15) is 0 Å². The number of allylic oxidation sites excluding steroid dienone is 1. The number of ketones is 1. The summed E-state index contributed by atoms with van der Waals surface area (Å²) in [6, 6.07) is 0. The zero-order chi connectivity index (χ0) is 7.84. The Bertz CT molecular complexity index is 218. The molecule has 0 amide bonds. The molecule has 0 aromatic rings. The number of Topliss-reactive ketones (excluding diaryl/α,β-unsaturated/α-hetero) is 1. The lowest BCUT2D eigenvalue weighted by atomic mass is 10.1. The van der Waals surface area contributed by atoms with Crippen molar-refractivity contribution in [2.24, 2.45) is 5.92 Å². The number of hydrogen-bond acceptors (Lipinski definition) is 2. The molecule has 0 aromatic heterocycles. The van der Waals surface area contributed by atoms with Crippen LogP contribution in [-0.4, -0.2) is 19.0 Å². The molecule has 2 rings (SSSR count). The molecular formula is C9H12O2. The molecule has 2 atom stereocenters. The van der Waals surface area contributed by atoms with Crippen molar-refractivity contribution in [3.63, 3.8) is 0 Å². The van der Waals surface area contributed by atoms with Crippen molar-refractivity contribution >= 4 is 5.78 Å². The highest BCUT2D eigenvalue weighted by atomic mass is 16.5. The predicted octanol–water partition coefficient (Wildman–Crippen LogP) is 1.31. The number of carbonyl (C=O) groups excluding carboxylic acids is 1. The van der Waals surface area contributed by atoms with Crippen molar-refractivity contribution in [2.75, 3.05) is 7.11 Å². The number of ether oxygens (including phenoxy) is 1. The Hall–Kier alpha value is -0.630. The van der Waals surface area contributed by atoms with Crippen molar-refractivity contribution < 1.29 is 9.53 Å². The predicted molar refractivity (Wildman–Crippen MR) is 41.2 cm³/mol. The first-order valence-corrected chi connectivity index (χ1v) is 4.04. The van der Waals surface area contributed by atoms with E-state index in [0.29, 0.717) is 18.1 Å². The molecular weight excluding hydrogens is 140 g/mol. The lowest BCUT2D eigenvalue weighted by Gasteiger charge is -2.06. The first kappa shape index (κ1) is 7.04. The molecule has 60 valence electrons. The van der Waals surface area contributed by atoms with Gasteiger partial charge in [0.15, 0.2) is 0 Å². The van der Waals surface area contributed by atoms with E-state index in [1.54, 1.807) is 7.11 Å². The van der Waals surface area contributed by atoms with E-state index in [0.717, 1.165) is 12.8 Å². The zero-order valence-electron chi connectivity index (χ0n) is 6.67. The second kappa shape index (κ2) is 2.45. The summed E-state index contributed by atoms with van der Waals surface area (Å²) in [5.41, 5.74) is 1.32. The van der Waals surface area contributed by atoms with E-state index in [1.807, 2.05) is 0 Å². The fourth-order valence-electron chi connectivity index (χ4n) is 2.03. The second-order valence-electron chi connectivity index (χ2n) is 3.37. The molecule has 2 heteroatoms. The van der Waals surface area contributed by atoms with Crippen LogP contribution in [0, 0.1) is 5.92 Å². The Kier molecular flexibility index (Phi) is 1.57. The Morgan fingerprint density at radius 3 is 3.09 bits per heavy atom. The zero-order valence-corrected chi connectivity index (χ0v) is 6.67. The Labute approximate surface area is 66.2 Å². The van der Waals surface area contributed by atoms with Gasteiger partial charge in [-0.3, -0.25) is 4.79 Å². The van der Waals surface area contributed by atoms with Crippen molar-refractivity contribution in [3.05, 3.63) is 11.6 Å². The average molecular weight is 152 g/mol. The van der Waals surface area contributed by atoms with Crippen LogP contribution in [0.25, 0.3) is 0 Å². The van der Waals surface area contributed by atoms with Crippen LogP contribution in [0.5, 0.6) is 0 Å². The van der Waals surface area contributed by atoms with Crippen LogP contribution >= 0.6 is 0 Å². The molecule has 0 spiro atoms.